The molecule has 1 saturated carbocycles. The van der Waals surface area contributed by atoms with Gasteiger partial charge >= 0.3 is 0 Å². The van der Waals surface area contributed by atoms with Crippen molar-refractivity contribution in [3.8, 4) is 0 Å². The molecule has 3 aromatic rings. The highest BCUT2D eigenvalue weighted by atomic mass is 28.3. The maximum atomic E-state index is 6.91. The van der Waals surface area contributed by atoms with Gasteiger partial charge in [-0.15, -0.1) is 0 Å². The van der Waals surface area contributed by atoms with E-state index in [9.17, 15) is 0 Å². The van der Waals surface area contributed by atoms with Gasteiger partial charge in [0.25, 0.3) is 9.04 Å². The van der Waals surface area contributed by atoms with Crippen LogP contribution in [-0.2, 0) is 15.4 Å². The highest BCUT2D eigenvalue weighted by molar-refractivity contribution is 6.80. The van der Waals surface area contributed by atoms with E-state index >= 15 is 0 Å². The van der Waals surface area contributed by atoms with E-state index in [-0.39, 0.29) is 17.1 Å². The fraction of sp³-hybridized carbons (Fsp3) is 0.483. The molecule has 0 unspecified atom stereocenters. The Morgan fingerprint density at radius 3 is 1.97 bits per heavy atom. The molecule has 1 heterocycles. The van der Waals surface area contributed by atoms with E-state index in [2.05, 4.69) is 107 Å². The Kier molecular flexibility index (Phi) is 7.06. The molecule has 181 valence electrons. The molecule has 5 heteroatoms. The summed E-state index contributed by atoms with van der Waals surface area (Å²) in [5.41, 5.74) is 8.99. The van der Waals surface area contributed by atoms with Crippen LogP contribution in [0.1, 0.15) is 84.3 Å². The van der Waals surface area contributed by atoms with Gasteiger partial charge in [0, 0.05) is 17.9 Å². The Labute approximate surface area is 207 Å². The van der Waals surface area contributed by atoms with E-state index in [1.54, 1.807) is 0 Å². The normalized spacial score (nSPS) is 19.5. The lowest BCUT2D eigenvalue weighted by Crippen LogP contribution is -2.47. The summed E-state index contributed by atoms with van der Waals surface area (Å²) in [6.07, 6.45) is 6.76. The van der Waals surface area contributed by atoms with Crippen molar-refractivity contribution in [1.82, 2.24) is 9.78 Å². The van der Waals surface area contributed by atoms with Gasteiger partial charge in [0.05, 0.1) is 5.54 Å². The first-order valence-electron chi connectivity index (χ1n) is 12.6. The van der Waals surface area contributed by atoms with Crippen LogP contribution in [0.15, 0.2) is 60.8 Å². The third-order valence-corrected chi connectivity index (χ3v) is 9.19. The standard InChI is InChI=1S/C29H40N3OSi/c1-28(2,3)22-14-18-25(19-15-22)34(24-10-8-7-9-11-24)33-23-16-12-21(13-17-23)26-20-32(29(4,5)6)31-27(26)30/h7-11,14-15,18-21,23H,12-13,16-17H2,1-6H3,(H2,30,31). The Morgan fingerprint density at radius 2 is 1.44 bits per heavy atom. The molecule has 1 aliphatic carbocycles. The van der Waals surface area contributed by atoms with Crippen LogP contribution in [0.4, 0.5) is 5.82 Å². The van der Waals surface area contributed by atoms with Crippen LogP contribution in [0.2, 0.25) is 0 Å². The van der Waals surface area contributed by atoms with Crippen LogP contribution in [0, 0.1) is 0 Å². The van der Waals surface area contributed by atoms with Crippen LogP contribution < -0.4 is 16.1 Å². The number of hydrogen-bond donors (Lipinski definition) is 1. The summed E-state index contributed by atoms with van der Waals surface area (Å²) in [6.45, 7) is 13.3. The molecule has 0 saturated heterocycles. The number of nitrogens with two attached hydrogens (primary N) is 1. The van der Waals surface area contributed by atoms with E-state index in [4.69, 9.17) is 10.2 Å². The predicted molar refractivity (Wildman–Crippen MR) is 144 cm³/mol. The molecule has 4 nitrogen and oxygen atoms in total. The zero-order chi connectivity index (χ0) is 24.5. The Hall–Kier alpha value is -2.37. The third kappa shape index (κ3) is 5.64. The number of nitrogens with zero attached hydrogens (tertiary/aromatic N) is 2. The van der Waals surface area contributed by atoms with Crippen molar-refractivity contribution in [2.45, 2.75) is 90.2 Å². The van der Waals surface area contributed by atoms with Gasteiger partial charge in [0.15, 0.2) is 0 Å². The lowest BCUT2D eigenvalue weighted by molar-refractivity contribution is 0.151. The zero-order valence-electron chi connectivity index (χ0n) is 21.6. The number of nitrogen functional groups attached to an aromatic ring is 1. The summed E-state index contributed by atoms with van der Waals surface area (Å²) in [5.74, 6) is 1.15. The van der Waals surface area contributed by atoms with Crippen molar-refractivity contribution >= 4 is 25.2 Å². The first-order valence-corrected chi connectivity index (χ1v) is 14.0. The maximum absolute atomic E-state index is 6.91. The van der Waals surface area contributed by atoms with Crippen LogP contribution in [0.25, 0.3) is 0 Å². The topological polar surface area (TPSA) is 53.1 Å². The van der Waals surface area contributed by atoms with Gasteiger partial charge in [-0.05, 0) is 73.7 Å². The number of anilines is 1. The molecule has 0 spiro atoms. The summed E-state index contributed by atoms with van der Waals surface area (Å²) in [5, 5.41) is 7.23. The number of aromatic nitrogens is 2. The molecular weight excluding hydrogens is 434 g/mol. The summed E-state index contributed by atoms with van der Waals surface area (Å²) in [6, 6.07) is 19.9. The fourth-order valence-electron chi connectivity index (χ4n) is 4.73. The van der Waals surface area contributed by atoms with Crippen molar-refractivity contribution in [3.05, 3.63) is 71.9 Å². The zero-order valence-corrected chi connectivity index (χ0v) is 22.6. The second-order valence-corrected chi connectivity index (χ2v) is 13.7. The fourth-order valence-corrected chi connectivity index (χ4v) is 6.87. The van der Waals surface area contributed by atoms with Gasteiger partial charge in [-0.2, -0.15) is 5.10 Å². The van der Waals surface area contributed by atoms with E-state index in [1.807, 2.05) is 4.68 Å². The SMILES string of the molecule is CC(C)(C)c1ccc([Si](OC2CCC(c3cn(C(C)(C)C)nc3N)CC2)c2ccccc2)cc1. The van der Waals surface area contributed by atoms with Crippen LogP contribution >= 0.6 is 0 Å². The second-order valence-electron chi connectivity index (χ2n) is 11.7. The molecule has 2 aromatic carbocycles. The molecule has 0 aliphatic heterocycles. The van der Waals surface area contributed by atoms with Gasteiger partial charge in [0.1, 0.15) is 5.82 Å². The van der Waals surface area contributed by atoms with E-state index in [1.165, 1.54) is 21.5 Å². The number of rotatable bonds is 5. The minimum atomic E-state index is -1.31. The van der Waals surface area contributed by atoms with Crippen molar-refractivity contribution < 1.29 is 4.43 Å². The first-order chi connectivity index (χ1) is 16.0. The summed E-state index contributed by atoms with van der Waals surface area (Å²) in [4.78, 5) is 0. The highest BCUT2D eigenvalue weighted by Gasteiger charge is 2.30. The van der Waals surface area contributed by atoms with Crippen LogP contribution in [0.5, 0.6) is 0 Å². The van der Waals surface area contributed by atoms with Gasteiger partial charge in [-0.25, -0.2) is 0 Å². The molecule has 1 radical (unpaired) electrons. The van der Waals surface area contributed by atoms with Crippen LogP contribution in [-0.4, -0.2) is 24.9 Å². The van der Waals surface area contributed by atoms with Crippen molar-refractivity contribution in [2.75, 3.05) is 5.73 Å². The van der Waals surface area contributed by atoms with Gasteiger partial charge in [-0.3, -0.25) is 4.68 Å². The molecule has 1 aromatic heterocycles. The predicted octanol–water partition coefficient (Wildman–Crippen LogP) is 5.37. The van der Waals surface area contributed by atoms with Gasteiger partial charge in [0.2, 0.25) is 0 Å². The molecule has 0 bridgehead atoms. The monoisotopic (exact) mass is 474 g/mol. The molecule has 1 aliphatic rings. The molecule has 0 atom stereocenters. The Morgan fingerprint density at radius 1 is 0.853 bits per heavy atom. The number of hydrogen-bond acceptors (Lipinski definition) is 3. The van der Waals surface area contributed by atoms with E-state index < -0.39 is 9.04 Å². The summed E-state index contributed by atoms with van der Waals surface area (Å²) < 4.78 is 8.92. The minimum absolute atomic E-state index is 0.0533. The van der Waals surface area contributed by atoms with Crippen molar-refractivity contribution in [2.24, 2.45) is 0 Å². The lowest BCUT2D eigenvalue weighted by Gasteiger charge is -2.31. The largest absolute Gasteiger partial charge is 0.404 e. The van der Waals surface area contributed by atoms with E-state index in [0.717, 1.165) is 25.7 Å². The molecular formula is C29H40N3OSi. The summed E-state index contributed by atoms with van der Waals surface area (Å²) in [7, 11) is -1.31. The minimum Gasteiger partial charge on any atom is -0.404 e. The molecule has 2 N–H and O–H groups in total. The third-order valence-electron chi connectivity index (χ3n) is 6.91. The molecule has 34 heavy (non-hydrogen) atoms. The van der Waals surface area contributed by atoms with Crippen molar-refractivity contribution in [3.63, 3.8) is 0 Å². The molecule has 0 amide bonds. The average molecular weight is 475 g/mol. The van der Waals surface area contributed by atoms with Gasteiger partial charge in [-0.1, -0.05) is 75.4 Å². The average Bonchev–Trinajstić information content (AvgIpc) is 3.20. The summed E-state index contributed by atoms with van der Waals surface area (Å²) >= 11 is 0. The molecule has 4 rings (SSSR count). The Bertz CT molecular complexity index is 1070. The Balaban J connectivity index is 1.48. The maximum Gasteiger partial charge on any atom is 0.283 e. The van der Waals surface area contributed by atoms with Gasteiger partial charge < -0.3 is 10.2 Å². The second kappa shape index (κ2) is 9.71. The van der Waals surface area contributed by atoms with Crippen molar-refractivity contribution in [1.29, 1.82) is 0 Å². The lowest BCUT2D eigenvalue weighted by atomic mass is 9.83. The first kappa shape index (κ1) is 24.7. The quantitative estimate of drug-likeness (QED) is 0.506. The number of benzene rings is 2. The highest BCUT2D eigenvalue weighted by Crippen LogP contribution is 2.37. The van der Waals surface area contributed by atoms with E-state index in [0.29, 0.717) is 11.7 Å². The molecule has 1 fully saturated rings. The smallest absolute Gasteiger partial charge is 0.283 e. The van der Waals surface area contributed by atoms with Crippen LogP contribution in [0.3, 0.4) is 0 Å².